The average Bonchev–Trinajstić information content (AvgIpc) is 2.47. The zero-order valence-corrected chi connectivity index (χ0v) is 11.3. The molecule has 5 nitrogen and oxygen atoms in total. The molecule has 1 amide bonds. The highest BCUT2D eigenvalue weighted by atomic mass is 16.5. The van der Waals surface area contributed by atoms with Crippen molar-refractivity contribution in [2.45, 2.75) is 19.1 Å². The first-order valence-electron chi connectivity index (χ1n) is 6.56. The van der Waals surface area contributed by atoms with Crippen LogP contribution in [0.3, 0.4) is 0 Å². The topological polar surface area (TPSA) is 67.6 Å². The third-order valence-corrected chi connectivity index (χ3v) is 3.40. The molecule has 0 bridgehead atoms. The van der Waals surface area contributed by atoms with Gasteiger partial charge in [0.2, 0.25) is 5.91 Å². The predicted molar refractivity (Wildman–Crippen MR) is 73.4 cm³/mol. The van der Waals surface area contributed by atoms with Crippen molar-refractivity contribution in [3.63, 3.8) is 0 Å². The summed E-state index contributed by atoms with van der Waals surface area (Å²) in [7, 11) is 1.66. The number of likely N-dealkylation sites (N-methyl/N-ethyl adjacent to an activating group) is 1. The molecule has 1 aliphatic heterocycles. The number of amides is 1. The van der Waals surface area contributed by atoms with Crippen LogP contribution in [-0.2, 0) is 22.6 Å². The van der Waals surface area contributed by atoms with Gasteiger partial charge in [-0.2, -0.15) is 0 Å². The molecule has 1 saturated heterocycles. The molecule has 104 valence electrons. The van der Waals surface area contributed by atoms with Crippen LogP contribution in [0, 0.1) is 0 Å². The van der Waals surface area contributed by atoms with Crippen molar-refractivity contribution in [2.24, 2.45) is 5.73 Å². The van der Waals surface area contributed by atoms with Gasteiger partial charge in [0.15, 0.2) is 0 Å². The number of nitrogens with zero attached hydrogens (tertiary/aromatic N) is 1. The minimum atomic E-state index is -0.208. The largest absolute Gasteiger partial charge is 0.378 e. The lowest BCUT2D eigenvalue weighted by Crippen LogP contribution is -2.52. The first-order valence-corrected chi connectivity index (χ1v) is 6.56. The maximum absolute atomic E-state index is 11.8. The highest BCUT2D eigenvalue weighted by Crippen LogP contribution is 2.14. The van der Waals surface area contributed by atoms with Crippen LogP contribution < -0.4 is 11.1 Å². The Morgan fingerprint density at radius 1 is 1.53 bits per heavy atom. The zero-order chi connectivity index (χ0) is 13.7. The Balaban J connectivity index is 2.08. The fraction of sp³-hybridized carbons (Fsp3) is 0.500. The number of ether oxygens (including phenoxy) is 1. The molecule has 0 saturated carbocycles. The van der Waals surface area contributed by atoms with Gasteiger partial charge < -0.3 is 15.8 Å². The van der Waals surface area contributed by atoms with Crippen LogP contribution in [0.25, 0.3) is 0 Å². The molecule has 0 aliphatic carbocycles. The van der Waals surface area contributed by atoms with Crippen LogP contribution in [0.4, 0.5) is 0 Å². The fourth-order valence-electron chi connectivity index (χ4n) is 2.32. The van der Waals surface area contributed by atoms with Gasteiger partial charge in [-0.1, -0.05) is 24.3 Å². The molecule has 5 heteroatoms. The molecule has 2 rings (SSSR count). The van der Waals surface area contributed by atoms with E-state index >= 15 is 0 Å². The smallest absolute Gasteiger partial charge is 0.239 e. The Hall–Kier alpha value is -1.43. The summed E-state index contributed by atoms with van der Waals surface area (Å²) in [6.45, 7) is 3.18. The van der Waals surface area contributed by atoms with E-state index in [2.05, 4.69) is 22.3 Å². The van der Waals surface area contributed by atoms with E-state index in [0.29, 0.717) is 19.8 Å². The summed E-state index contributed by atoms with van der Waals surface area (Å²) in [5.74, 6) is 0.00896. The Bertz CT molecular complexity index is 436. The number of carbonyl (C=O) groups excluding carboxylic acids is 1. The highest BCUT2D eigenvalue weighted by Gasteiger charge is 2.28. The van der Waals surface area contributed by atoms with Gasteiger partial charge in [0.25, 0.3) is 0 Å². The van der Waals surface area contributed by atoms with Crippen molar-refractivity contribution in [1.82, 2.24) is 10.2 Å². The van der Waals surface area contributed by atoms with Crippen molar-refractivity contribution in [3.05, 3.63) is 35.4 Å². The van der Waals surface area contributed by atoms with Crippen LogP contribution in [0.15, 0.2) is 24.3 Å². The van der Waals surface area contributed by atoms with E-state index in [1.165, 1.54) is 5.56 Å². The van der Waals surface area contributed by atoms with Gasteiger partial charge >= 0.3 is 0 Å². The summed E-state index contributed by atoms with van der Waals surface area (Å²) >= 11 is 0. The Morgan fingerprint density at radius 2 is 2.32 bits per heavy atom. The monoisotopic (exact) mass is 263 g/mol. The summed E-state index contributed by atoms with van der Waals surface area (Å²) in [5.41, 5.74) is 7.94. The molecule has 19 heavy (non-hydrogen) atoms. The highest BCUT2D eigenvalue weighted by molar-refractivity contribution is 5.81. The number of nitrogens with one attached hydrogen (secondary N) is 1. The van der Waals surface area contributed by atoms with Crippen molar-refractivity contribution < 1.29 is 9.53 Å². The quantitative estimate of drug-likeness (QED) is 0.808. The van der Waals surface area contributed by atoms with Gasteiger partial charge in [-0.25, -0.2) is 0 Å². The molecule has 1 aromatic rings. The molecule has 0 radical (unpaired) electrons. The summed E-state index contributed by atoms with van der Waals surface area (Å²) < 4.78 is 5.40. The molecular weight excluding hydrogens is 242 g/mol. The third-order valence-electron chi connectivity index (χ3n) is 3.40. The van der Waals surface area contributed by atoms with Crippen molar-refractivity contribution in [2.75, 3.05) is 26.8 Å². The predicted octanol–water partition coefficient (Wildman–Crippen LogP) is 0.0921. The second-order valence-electron chi connectivity index (χ2n) is 4.70. The molecule has 1 aromatic carbocycles. The van der Waals surface area contributed by atoms with Gasteiger partial charge in [-0.05, 0) is 11.1 Å². The van der Waals surface area contributed by atoms with Gasteiger partial charge in [0, 0.05) is 26.7 Å². The first kappa shape index (κ1) is 14.0. The number of rotatable bonds is 4. The van der Waals surface area contributed by atoms with Crippen LogP contribution in [0.1, 0.15) is 11.1 Å². The Kier molecular flexibility index (Phi) is 4.90. The van der Waals surface area contributed by atoms with Gasteiger partial charge in [-0.15, -0.1) is 0 Å². The third kappa shape index (κ3) is 3.53. The molecule has 1 unspecified atom stereocenters. The number of carbonyl (C=O) groups is 1. The normalized spacial score (nSPS) is 20.2. The summed E-state index contributed by atoms with van der Waals surface area (Å²) in [5, 5.41) is 2.69. The number of hydrogen-bond donors (Lipinski definition) is 2. The first-order chi connectivity index (χ1) is 9.24. The number of hydrogen-bond acceptors (Lipinski definition) is 4. The van der Waals surface area contributed by atoms with Gasteiger partial charge in [-0.3, -0.25) is 9.69 Å². The molecule has 1 fully saturated rings. The van der Waals surface area contributed by atoms with Crippen molar-refractivity contribution in [1.29, 1.82) is 0 Å². The van der Waals surface area contributed by atoms with E-state index in [9.17, 15) is 4.79 Å². The van der Waals surface area contributed by atoms with E-state index in [0.717, 1.165) is 18.7 Å². The zero-order valence-electron chi connectivity index (χ0n) is 11.3. The molecular formula is C14H21N3O2. The van der Waals surface area contributed by atoms with Crippen LogP contribution >= 0.6 is 0 Å². The number of nitrogens with two attached hydrogens (primary N) is 1. The maximum atomic E-state index is 11.8. The van der Waals surface area contributed by atoms with Crippen LogP contribution in [-0.4, -0.2) is 43.7 Å². The maximum Gasteiger partial charge on any atom is 0.239 e. The van der Waals surface area contributed by atoms with Gasteiger partial charge in [0.05, 0.1) is 13.2 Å². The molecule has 1 heterocycles. The molecule has 1 atom stereocenters. The van der Waals surface area contributed by atoms with E-state index in [1.807, 2.05) is 12.1 Å². The van der Waals surface area contributed by atoms with Crippen molar-refractivity contribution in [3.8, 4) is 0 Å². The lowest BCUT2D eigenvalue weighted by atomic mass is 10.1. The minimum Gasteiger partial charge on any atom is -0.378 e. The fourth-order valence-corrected chi connectivity index (χ4v) is 2.32. The SMILES string of the molecule is CNC(=O)C1COCCN1Cc1cccc(CN)c1. The second kappa shape index (κ2) is 6.65. The minimum absolute atomic E-state index is 0.00896. The average molecular weight is 263 g/mol. The summed E-state index contributed by atoms with van der Waals surface area (Å²) in [6.07, 6.45) is 0. The second-order valence-corrected chi connectivity index (χ2v) is 4.70. The van der Waals surface area contributed by atoms with E-state index in [4.69, 9.17) is 10.5 Å². The standard InChI is InChI=1S/C14H21N3O2/c1-16-14(18)13-10-19-6-5-17(13)9-12-4-2-3-11(7-12)8-15/h2-4,7,13H,5-6,8-10,15H2,1H3,(H,16,18). The molecule has 1 aliphatic rings. The van der Waals surface area contributed by atoms with Crippen LogP contribution in [0.2, 0.25) is 0 Å². The summed E-state index contributed by atoms with van der Waals surface area (Å²) in [6, 6.07) is 7.97. The lowest BCUT2D eigenvalue weighted by molar-refractivity contribution is -0.132. The molecule has 3 N–H and O–H groups in total. The van der Waals surface area contributed by atoms with Crippen LogP contribution in [0.5, 0.6) is 0 Å². The molecule has 0 aromatic heterocycles. The summed E-state index contributed by atoms with van der Waals surface area (Å²) in [4.78, 5) is 14.0. The van der Waals surface area contributed by atoms with Crippen molar-refractivity contribution >= 4 is 5.91 Å². The number of morpholine rings is 1. The molecule has 0 spiro atoms. The van der Waals surface area contributed by atoms with E-state index in [1.54, 1.807) is 7.05 Å². The Labute approximate surface area is 113 Å². The van der Waals surface area contributed by atoms with E-state index < -0.39 is 0 Å². The van der Waals surface area contributed by atoms with Gasteiger partial charge in [0.1, 0.15) is 6.04 Å². The van der Waals surface area contributed by atoms with E-state index in [-0.39, 0.29) is 11.9 Å². The Morgan fingerprint density at radius 3 is 3.05 bits per heavy atom. The lowest BCUT2D eigenvalue weighted by Gasteiger charge is -2.34. The number of benzene rings is 1.